The van der Waals surface area contributed by atoms with Gasteiger partial charge in [0.25, 0.3) is 0 Å². The molecule has 2 aromatic carbocycles. The Balaban J connectivity index is 1.93. The van der Waals surface area contributed by atoms with Gasteiger partial charge in [0.15, 0.2) is 4.80 Å². The second kappa shape index (κ2) is 8.65. The molecule has 4 nitrogen and oxygen atoms in total. The van der Waals surface area contributed by atoms with Gasteiger partial charge in [0.05, 0.1) is 18.0 Å². The van der Waals surface area contributed by atoms with Crippen LogP contribution in [0.15, 0.2) is 65.0 Å². The van der Waals surface area contributed by atoms with Crippen LogP contribution in [0.3, 0.4) is 0 Å². The van der Waals surface area contributed by atoms with Crippen LogP contribution in [0.5, 0.6) is 5.75 Å². The van der Waals surface area contributed by atoms with E-state index in [-0.39, 0.29) is 0 Å². The molecule has 25 heavy (non-hydrogen) atoms. The number of hydrogen-bond acceptors (Lipinski definition) is 4. The van der Waals surface area contributed by atoms with Crippen molar-refractivity contribution < 1.29 is 9.47 Å². The number of ether oxygens (including phenoxy) is 2. The van der Waals surface area contributed by atoms with Gasteiger partial charge < -0.3 is 14.0 Å². The molecule has 0 spiro atoms. The molecule has 0 saturated heterocycles. The lowest BCUT2D eigenvalue weighted by molar-refractivity contribution is 0.146. The third-order valence-electron chi connectivity index (χ3n) is 3.78. The number of hydrogen-bond donors (Lipinski definition) is 0. The first-order valence-electron chi connectivity index (χ1n) is 8.32. The van der Waals surface area contributed by atoms with E-state index >= 15 is 0 Å². The van der Waals surface area contributed by atoms with Crippen LogP contribution >= 0.6 is 11.3 Å². The molecule has 3 rings (SSSR count). The minimum atomic E-state index is 0.548. The Kier molecular flexibility index (Phi) is 6.04. The van der Waals surface area contributed by atoms with Crippen molar-refractivity contribution in [1.29, 1.82) is 0 Å². The Labute approximate surface area is 152 Å². The first-order valence-corrected chi connectivity index (χ1v) is 9.20. The van der Waals surface area contributed by atoms with Crippen LogP contribution in [0.4, 0.5) is 5.69 Å². The second-order valence-corrected chi connectivity index (χ2v) is 6.30. The lowest BCUT2D eigenvalue weighted by atomic mass is 10.1. The maximum absolute atomic E-state index is 5.73. The number of nitrogens with zero attached hydrogens (tertiary/aromatic N) is 2. The molecule has 5 heteroatoms. The number of benzene rings is 2. The maximum atomic E-state index is 5.73. The van der Waals surface area contributed by atoms with Crippen LogP contribution in [0, 0.1) is 0 Å². The average Bonchev–Trinajstić information content (AvgIpc) is 3.05. The predicted octanol–water partition coefficient (Wildman–Crippen LogP) is 4.49. The molecule has 0 N–H and O–H groups in total. The summed E-state index contributed by atoms with van der Waals surface area (Å²) in [5, 5.41) is 2.15. The minimum absolute atomic E-state index is 0.548. The largest absolute Gasteiger partial charge is 0.491 e. The fourth-order valence-corrected chi connectivity index (χ4v) is 3.55. The van der Waals surface area contributed by atoms with Crippen LogP contribution in [-0.2, 0) is 11.3 Å². The van der Waals surface area contributed by atoms with Gasteiger partial charge in [0.1, 0.15) is 12.4 Å². The summed E-state index contributed by atoms with van der Waals surface area (Å²) >= 11 is 1.65. The van der Waals surface area contributed by atoms with Crippen LogP contribution in [-0.4, -0.2) is 24.9 Å². The third-order valence-corrected chi connectivity index (χ3v) is 4.64. The van der Waals surface area contributed by atoms with Crippen molar-refractivity contribution in [2.75, 3.05) is 20.3 Å². The quantitative estimate of drug-likeness (QED) is 0.586. The summed E-state index contributed by atoms with van der Waals surface area (Å²) in [4.78, 5) is 5.77. The molecule has 0 aliphatic carbocycles. The zero-order valence-corrected chi connectivity index (χ0v) is 15.3. The molecule has 0 saturated carbocycles. The Morgan fingerprint density at radius 1 is 1.04 bits per heavy atom. The van der Waals surface area contributed by atoms with Crippen LogP contribution in [0.1, 0.15) is 6.92 Å². The highest BCUT2D eigenvalue weighted by molar-refractivity contribution is 7.07. The fourth-order valence-electron chi connectivity index (χ4n) is 2.56. The van der Waals surface area contributed by atoms with Crippen molar-refractivity contribution in [2.45, 2.75) is 13.5 Å². The average molecular weight is 354 g/mol. The van der Waals surface area contributed by atoms with E-state index in [4.69, 9.17) is 14.5 Å². The minimum Gasteiger partial charge on any atom is -0.491 e. The Morgan fingerprint density at radius 2 is 1.88 bits per heavy atom. The smallest absolute Gasteiger partial charge is 0.190 e. The first-order chi connectivity index (χ1) is 12.3. The van der Waals surface area contributed by atoms with E-state index in [1.165, 1.54) is 0 Å². The molecule has 1 aromatic heterocycles. The number of para-hydroxylation sites is 1. The van der Waals surface area contributed by atoms with E-state index in [0.29, 0.717) is 13.2 Å². The second-order valence-electron chi connectivity index (χ2n) is 5.46. The van der Waals surface area contributed by atoms with E-state index in [0.717, 1.165) is 34.0 Å². The summed E-state index contributed by atoms with van der Waals surface area (Å²) in [5.74, 6) is 0.852. The van der Waals surface area contributed by atoms with Gasteiger partial charge in [0.2, 0.25) is 0 Å². The number of rotatable bonds is 7. The van der Waals surface area contributed by atoms with Gasteiger partial charge in [-0.1, -0.05) is 30.3 Å². The van der Waals surface area contributed by atoms with Crippen LogP contribution < -0.4 is 9.54 Å². The maximum Gasteiger partial charge on any atom is 0.190 e. The van der Waals surface area contributed by atoms with Crippen molar-refractivity contribution in [1.82, 2.24) is 4.57 Å². The lowest BCUT2D eigenvalue weighted by Crippen LogP contribution is -2.14. The number of methoxy groups -OCH3 is 1. The molecule has 0 fully saturated rings. The van der Waals surface area contributed by atoms with Crippen molar-refractivity contribution in [3.8, 4) is 17.0 Å². The van der Waals surface area contributed by atoms with Gasteiger partial charge in [-0.2, -0.15) is 0 Å². The normalized spacial score (nSPS) is 11.7. The molecule has 0 aliphatic rings. The van der Waals surface area contributed by atoms with Crippen LogP contribution in [0.25, 0.3) is 11.3 Å². The lowest BCUT2D eigenvalue weighted by Gasteiger charge is -2.09. The summed E-state index contributed by atoms with van der Waals surface area (Å²) in [6, 6.07) is 18.2. The molecule has 0 amide bonds. The van der Waals surface area contributed by atoms with E-state index in [9.17, 15) is 0 Å². The van der Waals surface area contributed by atoms with E-state index in [2.05, 4.69) is 29.0 Å². The summed E-state index contributed by atoms with van der Waals surface area (Å²) in [6.07, 6.45) is 0. The van der Waals surface area contributed by atoms with Gasteiger partial charge in [-0.15, -0.1) is 11.3 Å². The summed E-state index contributed by atoms with van der Waals surface area (Å²) in [7, 11) is 1.67. The molecule has 0 bridgehead atoms. The van der Waals surface area contributed by atoms with Gasteiger partial charge in [-0.25, -0.2) is 4.99 Å². The highest BCUT2D eigenvalue weighted by atomic mass is 32.1. The van der Waals surface area contributed by atoms with Crippen LogP contribution in [0.2, 0.25) is 0 Å². The van der Waals surface area contributed by atoms with Gasteiger partial charge >= 0.3 is 0 Å². The zero-order chi connectivity index (χ0) is 17.5. The molecular weight excluding hydrogens is 332 g/mol. The molecule has 1 heterocycles. The van der Waals surface area contributed by atoms with E-state index in [1.54, 1.807) is 18.4 Å². The standard InChI is InChI=1S/C20H22N2O2S/c1-3-22-19(15-25-20(22)21-17-9-5-4-6-10-17)16-8-7-11-18(14-16)24-13-12-23-2/h4-11,14-15H,3,12-13H2,1-2H3. The van der Waals surface area contributed by atoms with E-state index < -0.39 is 0 Å². The number of thiazole rings is 1. The molecule has 0 unspecified atom stereocenters. The monoisotopic (exact) mass is 354 g/mol. The molecule has 0 aliphatic heterocycles. The Bertz CT molecular complexity index is 869. The third kappa shape index (κ3) is 4.38. The van der Waals surface area contributed by atoms with Gasteiger partial charge in [-0.05, 0) is 31.2 Å². The molecule has 3 aromatic rings. The van der Waals surface area contributed by atoms with Crippen molar-refractivity contribution in [2.24, 2.45) is 4.99 Å². The Hall–Kier alpha value is -2.37. The molecule has 130 valence electrons. The van der Waals surface area contributed by atoms with Gasteiger partial charge in [0, 0.05) is 24.6 Å². The fraction of sp³-hybridized carbons (Fsp3) is 0.250. The SMILES string of the molecule is CCn1c(-c2cccc(OCCOC)c2)csc1=Nc1ccccc1. The van der Waals surface area contributed by atoms with Gasteiger partial charge in [-0.3, -0.25) is 0 Å². The first kappa shape index (κ1) is 17.5. The highest BCUT2D eigenvalue weighted by Gasteiger charge is 2.08. The highest BCUT2D eigenvalue weighted by Crippen LogP contribution is 2.25. The zero-order valence-electron chi connectivity index (χ0n) is 14.5. The Morgan fingerprint density at radius 3 is 2.64 bits per heavy atom. The summed E-state index contributed by atoms with van der Waals surface area (Å²) < 4.78 is 13.0. The van der Waals surface area contributed by atoms with Crippen molar-refractivity contribution in [3.63, 3.8) is 0 Å². The topological polar surface area (TPSA) is 35.8 Å². The molecule has 0 atom stereocenters. The summed E-state index contributed by atoms with van der Waals surface area (Å²) in [6.45, 7) is 4.13. The van der Waals surface area contributed by atoms with Crippen molar-refractivity contribution in [3.05, 3.63) is 64.8 Å². The number of aromatic nitrogens is 1. The molecule has 0 radical (unpaired) electrons. The summed E-state index contributed by atoms with van der Waals surface area (Å²) in [5.41, 5.74) is 3.25. The van der Waals surface area contributed by atoms with E-state index in [1.807, 2.05) is 42.5 Å². The van der Waals surface area contributed by atoms with Crippen molar-refractivity contribution >= 4 is 17.0 Å². The predicted molar refractivity (Wildman–Crippen MR) is 102 cm³/mol. The molecular formula is C20H22N2O2S.